The van der Waals surface area contributed by atoms with Gasteiger partial charge in [0.15, 0.2) is 0 Å². The number of allylic oxidation sites excluding steroid dienone is 1. The molecule has 0 bridgehead atoms. The maximum Gasteiger partial charge on any atom is 0.207 e. The fourth-order valence-corrected chi connectivity index (χ4v) is 1.00. The summed E-state index contributed by atoms with van der Waals surface area (Å²) in [6.45, 7) is 6.40. The zero-order valence-electron chi connectivity index (χ0n) is 7.05. The molecule has 0 aromatic rings. The molecule has 64 valence electrons. The molecule has 0 aromatic carbocycles. The molecule has 1 aliphatic heterocycles. The van der Waals surface area contributed by atoms with Crippen LogP contribution in [-0.4, -0.2) is 13.0 Å². The summed E-state index contributed by atoms with van der Waals surface area (Å²) in [4.78, 5) is 10.0. The Bertz CT molecular complexity index is 264. The minimum Gasteiger partial charge on any atom is -0.367 e. The number of hydrogen-bond donors (Lipinski definition) is 2. The smallest absolute Gasteiger partial charge is 0.207 e. The minimum absolute atomic E-state index is 0.528. The summed E-state index contributed by atoms with van der Waals surface area (Å²) in [5.41, 5.74) is 3.09. The number of dihydropyridines is 1. The fourth-order valence-electron chi connectivity index (χ4n) is 1.00. The molecule has 1 heterocycles. The van der Waals surface area contributed by atoms with Crippen molar-refractivity contribution in [3.63, 3.8) is 0 Å². The molecule has 0 aromatic heterocycles. The molecule has 0 aliphatic carbocycles. The van der Waals surface area contributed by atoms with Crippen molar-refractivity contribution >= 4 is 6.41 Å². The van der Waals surface area contributed by atoms with Gasteiger partial charge in [-0.25, -0.2) is 0 Å². The van der Waals surface area contributed by atoms with Gasteiger partial charge in [-0.15, -0.1) is 0 Å². The normalized spacial score (nSPS) is 15.9. The van der Waals surface area contributed by atoms with Crippen LogP contribution in [0.4, 0.5) is 0 Å². The van der Waals surface area contributed by atoms with Crippen LogP contribution >= 0.6 is 0 Å². The molecule has 1 amide bonds. The molecule has 0 spiro atoms. The first-order valence-electron chi connectivity index (χ1n) is 3.74. The Morgan fingerprint density at radius 3 is 3.08 bits per heavy atom. The fraction of sp³-hybridized carbons (Fsp3) is 0.222. The highest BCUT2D eigenvalue weighted by molar-refractivity contribution is 5.51. The van der Waals surface area contributed by atoms with E-state index in [0.717, 1.165) is 16.7 Å². The first-order valence-corrected chi connectivity index (χ1v) is 3.74. The van der Waals surface area contributed by atoms with Gasteiger partial charge in [-0.3, -0.25) is 4.79 Å². The Kier molecular flexibility index (Phi) is 2.69. The van der Waals surface area contributed by atoms with Gasteiger partial charge in [0.1, 0.15) is 0 Å². The van der Waals surface area contributed by atoms with Crippen molar-refractivity contribution in [2.75, 3.05) is 6.54 Å². The van der Waals surface area contributed by atoms with Gasteiger partial charge in [-0.05, 0) is 23.6 Å². The summed E-state index contributed by atoms with van der Waals surface area (Å²) in [6, 6.07) is 0. The van der Waals surface area contributed by atoms with Crippen LogP contribution in [0.25, 0.3) is 0 Å². The Morgan fingerprint density at radius 1 is 1.67 bits per heavy atom. The van der Waals surface area contributed by atoms with Crippen LogP contribution < -0.4 is 10.6 Å². The Balaban J connectivity index is 2.60. The third-order valence-electron chi connectivity index (χ3n) is 1.80. The lowest BCUT2D eigenvalue weighted by Gasteiger charge is -2.15. The van der Waals surface area contributed by atoms with Gasteiger partial charge in [0.2, 0.25) is 6.41 Å². The maximum absolute atomic E-state index is 10.0. The molecule has 1 aliphatic rings. The summed E-state index contributed by atoms with van der Waals surface area (Å²) >= 11 is 0. The number of carbonyl (C=O) groups excluding carboxylic acids is 1. The lowest BCUT2D eigenvalue weighted by molar-refractivity contribution is -0.109. The zero-order valence-corrected chi connectivity index (χ0v) is 7.05. The average molecular weight is 164 g/mol. The number of nitrogens with one attached hydrogen (secondary N) is 2. The van der Waals surface area contributed by atoms with Crippen LogP contribution in [0.3, 0.4) is 0 Å². The van der Waals surface area contributed by atoms with E-state index in [2.05, 4.69) is 17.2 Å². The molecular weight excluding hydrogens is 152 g/mol. The van der Waals surface area contributed by atoms with E-state index in [1.54, 1.807) is 0 Å². The van der Waals surface area contributed by atoms with Crippen molar-refractivity contribution in [2.24, 2.45) is 0 Å². The number of rotatable bonds is 3. The monoisotopic (exact) mass is 164 g/mol. The Hall–Kier alpha value is -1.51. The van der Waals surface area contributed by atoms with Gasteiger partial charge >= 0.3 is 0 Å². The highest BCUT2D eigenvalue weighted by atomic mass is 16.1. The molecule has 0 saturated heterocycles. The topological polar surface area (TPSA) is 41.1 Å². The van der Waals surface area contributed by atoms with Crippen LogP contribution in [0.15, 0.2) is 35.7 Å². The van der Waals surface area contributed by atoms with Gasteiger partial charge in [0.25, 0.3) is 0 Å². The van der Waals surface area contributed by atoms with E-state index in [1.165, 1.54) is 0 Å². The second-order valence-electron chi connectivity index (χ2n) is 2.64. The van der Waals surface area contributed by atoms with Gasteiger partial charge < -0.3 is 10.6 Å². The second kappa shape index (κ2) is 3.76. The van der Waals surface area contributed by atoms with Crippen LogP contribution in [0.1, 0.15) is 6.92 Å². The van der Waals surface area contributed by atoms with Crippen LogP contribution in [0.5, 0.6) is 0 Å². The van der Waals surface area contributed by atoms with Crippen LogP contribution in [0.2, 0.25) is 0 Å². The van der Waals surface area contributed by atoms with E-state index >= 15 is 0 Å². The second-order valence-corrected chi connectivity index (χ2v) is 2.64. The molecule has 0 fully saturated rings. The molecule has 2 N–H and O–H groups in total. The highest BCUT2D eigenvalue weighted by Gasteiger charge is 2.07. The molecule has 0 atom stereocenters. The highest BCUT2D eigenvalue weighted by Crippen LogP contribution is 2.17. The van der Waals surface area contributed by atoms with Gasteiger partial charge in [-0.2, -0.15) is 0 Å². The third-order valence-corrected chi connectivity index (χ3v) is 1.80. The standard InChI is InChI=1S/C9H12N2O/c1-7-3-10-4-9(8(7)2)5-11-6-12/h3-4,6,10H,2,5H2,1H3,(H,11,12). The van der Waals surface area contributed by atoms with E-state index in [0.29, 0.717) is 13.0 Å². The summed E-state index contributed by atoms with van der Waals surface area (Å²) in [5.74, 6) is 0. The summed E-state index contributed by atoms with van der Waals surface area (Å²) in [6.07, 6.45) is 4.40. The summed E-state index contributed by atoms with van der Waals surface area (Å²) in [5, 5.41) is 5.58. The lowest BCUT2D eigenvalue weighted by Crippen LogP contribution is -2.19. The average Bonchev–Trinajstić information content (AvgIpc) is 2.08. The SMILES string of the molecule is C=C1C(C)=CNC=C1CNC=O. The van der Waals surface area contributed by atoms with E-state index in [-0.39, 0.29) is 0 Å². The molecule has 1 rings (SSSR count). The molecule has 0 saturated carbocycles. The van der Waals surface area contributed by atoms with Gasteiger partial charge in [0, 0.05) is 18.9 Å². The first-order chi connectivity index (χ1) is 5.75. The van der Waals surface area contributed by atoms with E-state index in [1.807, 2.05) is 19.3 Å². The molecule has 0 radical (unpaired) electrons. The quantitative estimate of drug-likeness (QED) is 0.602. The summed E-state index contributed by atoms with van der Waals surface area (Å²) in [7, 11) is 0. The Morgan fingerprint density at radius 2 is 2.42 bits per heavy atom. The van der Waals surface area contributed by atoms with Crippen molar-refractivity contribution in [1.29, 1.82) is 0 Å². The minimum atomic E-state index is 0.528. The maximum atomic E-state index is 10.0. The molecule has 12 heavy (non-hydrogen) atoms. The third kappa shape index (κ3) is 1.75. The number of amides is 1. The molecule has 3 nitrogen and oxygen atoms in total. The lowest BCUT2D eigenvalue weighted by atomic mass is 10.0. The van der Waals surface area contributed by atoms with Crippen molar-refractivity contribution in [3.8, 4) is 0 Å². The largest absolute Gasteiger partial charge is 0.367 e. The molecular formula is C9H12N2O. The predicted molar refractivity (Wildman–Crippen MR) is 48.2 cm³/mol. The van der Waals surface area contributed by atoms with Crippen molar-refractivity contribution in [2.45, 2.75) is 6.92 Å². The first kappa shape index (κ1) is 8.59. The van der Waals surface area contributed by atoms with Gasteiger partial charge in [-0.1, -0.05) is 6.58 Å². The van der Waals surface area contributed by atoms with Crippen molar-refractivity contribution in [1.82, 2.24) is 10.6 Å². The number of carbonyl (C=O) groups is 1. The summed E-state index contributed by atoms with van der Waals surface area (Å²) < 4.78 is 0. The zero-order chi connectivity index (χ0) is 8.97. The van der Waals surface area contributed by atoms with Crippen LogP contribution in [-0.2, 0) is 4.79 Å². The number of hydrogen-bond acceptors (Lipinski definition) is 2. The van der Waals surface area contributed by atoms with Crippen molar-refractivity contribution in [3.05, 3.63) is 35.7 Å². The Labute approximate surface area is 71.8 Å². The van der Waals surface area contributed by atoms with Gasteiger partial charge in [0.05, 0.1) is 0 Å². The van der Waals surface area contributed by atoms with E-state index < -0.39 is 0 Å². The van der Waals surface area contributed by atoms with E-state index in [9.17, 15) is 4.79 Å². The molecule has 0 unspecified atom stereocenters. The van der Waals surface area contributed by atoms with Crippen molar-refractivity contribution < 1.29 is 4.79 Å². The molecule has 3 heteroatoms. The van der Waals surface area contributed by atoms with E-state index in [4.69, 9.17) is 0 Å². The van der Waals surface area contributed by atoms with Crippen LogP contribution in [0, 0.1) is 0 Å². The predicted octanol–water partition coefficient (Wildman–Crippen LogP) is 0.679.